The minimum atomic E-state index is -0.212. The average Bonchev–Trinajstić information content (AvgIpc) is 3.10. The molecule has 156 valence electrons. The van der Waals surface area contributed by atoms with Crippen LogP contribution >= 0.6 is 0 Å². The molecule has 2 aromatic carbocycles. The maximum Gasteiger partial charge on any atom is 0.319 e. The molecule has 6 nitrogen and oxygen atoms in total. The Morgan fingerprint density at radius 1 is 1.10 bits per heavy atom. The summed E-state index contributed by atoms with van der Waals surface area (Å²) in [6.45, 7) is 3.98. The number of aryl methyl sites for hydroxylation is 2. The summed E-state index contributed by atoms with van der Waals surface area (Å²) in [5, 5.41) is 6.89. The SMILES string of the molecule is Cc1ccc(NC(=O)NCC2CCCN(C(=O)c3cc4ccccc4n3C)C2)cc1. The Kier molecular flexibility index (Phi) is 5.74. The second-order valence-electron chi connectivity index (χ2n) is 8.11. The van der Waals surface area contributed by atoms with Gasteiger partial charge in [0.2, 0.25) is 0 Å². The van der Waals surface area contributed by atoms with Crippen molar-refractivity contribution in [2.24, 2.45) is 13.0 Å². The van der Waals surface area contributed by atoms with Crippen molar-refractivity contribution < 1.29 is 9.59 Å². The van der Waals surface area contributed by atoms with Crippen LogP contribution in [0.4, 0.5) is 10.5 Å². The van der Waals surface area contributed by atoms with Gasteiger partial charge in [-0.25, -0.2) is 4.79 Å². The lowest BCUT2D eigenvalue weighted by Gasteiger charge is -2.33. The van der Waals surface area contributed by atoms with E-state index < -0.39 is 0 Å². The maximum atomic E-state index is 13.1. The third kappa shape index (κ3) is 4.32. The minimum absolute atomic E-state index is 0.0579. The molecular formula is C24H28N4O2. The number of urea groups is 1. The van der Waals surface area contributed by atoms with E-state index in [1.807, 2.05) is 78.0 Å². The Morgan fingerprint density at radius 3 is 2.63 bits per heavy atom. The van der Waals surface area contributed by atoms with Crippen LogP contribution in [0.25, 0.3) is 10.9 Å². The molecule has 1 aliphatic rings. The lowest BCUT2D eigenvalue weighted by atomic mass is 9.97. The van der Waals surface area contributed by atoms with E-state index in [-0.39, 0.29) is 17.9 Å². The van der Waals surface area contributed by atoms with Gasteiger partial charge in [0.05, 0.1) is 0 Å². The van der Waals surface area contributed by atoms with Crippen molar-refractivity contribution in [1.29, 1.82) is 0 Å². The molecule has 0 bridgehead atoms. The van der Waals surface area contributed by atoms with E-state index in [1.165, 1.54) is 0 Å². The molecule has 0 radical (unpaired) electrons. The predicted octanol–water partition coefficient (Wildman–Crippen LogP) is 4.16. The highest BCUT2D eigenvalue weighted by molar-refractivity contribution is 5.98. The van der Waals surface area contributed by atoms with E-state index in [9.17, 15) is 9.59 Å². The van der Waals surface area contributed by atoms with Crippen molar-refractivity contribution in [3.63, 3.8) is 0 Å². The fraction of sp³-hybridized carbons (Fsp3) is 0.333. The third-order valence-corrected chi connectivity index (χ3v) is 5.84. The number of amides is 3. The smallest absolute Gasteiger partial charge is 0.319 e. The summed E-state index contributed by atoms with van der Waals surface area (Å²) in [7, 11) is 1.94. The number of hydrogen-bond acceptors (Lipinski definition) is 2. The molecule has 1 saturated heterocycles. The number of aromatic nitrogens is 1. The first kappa shape index (κ1) is 20.0. The average molecular weight is 405 g/mol. The number of nitrogens with one attached hydrogen (secondary N) is 2. The third-order valence-electron chi connectivity index (χ3n) is 5.84. The molecule has 0 aliphatic carbocycles. The molecule has 1 unspecified atom stereocenters. The molecule has 2 heterocycles. The molecule has 6 heteroatoms. The lowest BCUT2D eigenvalue weighted by molar-refractivity contribution is 0.0666. The molecule has 30 heavy (non-hydrogen) atoms. The summed E-state index contributed by atoms with van der Waals surface area (Å²) < 4.78 is 1.97. The summed E-state index contributed by atoms with van der Waals surface area (Å²) >= 11 is 0. The van der Waals surface area contributed by atoms with Gasteiger partial charge in [0.1, 0.15) is 5.69 Å². The quantitative estimate of drug-likeness (QED) is 0.686. The summed E-state index contributed by atoms with van der Waals surface area (Å²) in [5.74, 6) is 0.309. The zero-order valence-corrected chi connectivity index (χ0v) is 17.5. The molecule has 1 aliphatic heterocycles. The van der Waals surface area contributed by atoms with Crippen molar-refractivity contribution >= 4 is 28.5 Å². The van der Waals surface area contributed by atoms with Crippen LogP contribution < -0.4 is 10.6 Å². The van der Waals surface area contributed by atoms with Crippen LogP contribution in [-0.4, -0.2) is 41.0 Å². The highest BCUT2D eigenvalue weighted by atomic mass is 16.2. The first-order chi connectivity index (χ1) is 14.5. The fourth-order valence-corrected chi connectivity index (χ4v) is 4.12. The first-order valence-electron chi connectivity index (χ1n) is 10.5. The van der Waals surface area contributed by atoms with E-state index in [4.69, 9.17) is 0 Å². The molecule has 0 saturated carbocycles. The fourth-order valence-electron chi connectivity index (χ4n) is 4.12. The number of benzene rings is 2. The van der Waals surface area contributed by atoms with Gasteiger partial charge in [-0.05, 0) is 49.9 Å². The van der Waals surface area contributed by atoms with Crippen molar-refractivity contribution in [2.75, 3.05) is 25.0 Å². The standard InChI is InChI=1S/C24H28N4O2/c1-17-9-11-20(12-10-17)26-24(30)25-15-18-6-5-13-28(16-18)23(29)22-14-19-7-3-4-8-21(19)27(22)2/h3-4,7-12,14,18H,5-6,13,15-16H2,1-2H3,(H2,25,26,30). The zero-order chi connectivity index (χ0) is 21.1. The van der Waals surface area contributed by atoms with E-state index in [2.05, 4.69) is 10.6 Å². The number of likely N-dealkylation sites (tertiary alicyclic amines) is 1. The van der Waals surface area contributed by atoms with Crippen LogP contribution in [0.15, 0.2) is 54.6 Å². The number of nitrogens with zero attached hydrogens (tertiary/aromatic N) is 2. The minimum Gasteiger partial charge on any atom is -0.340 e. The summed E-state index contributed by atoms with van der Waals surface area (Å²) in [6, 6.07) is 17.5. The van der Waals surface area contributed by atoms with Gasteiger partial charge < -0.3 is 20.1 Å². The Labute approximate surface area is 176 Å². The van der Waals surface area contributed by atoms with Crippen LogP contribution in [0.1, 0.15) is 28.9 Å². The van der Waals surface area contributed by atoms with E-state index in [0.717, 1.165) is 41.5 Å². The number of para-hydroxylation sites is 1. The van der Waals surface area contributed by atoms with Crippen LogP contribution in [0.2, 0.25) is 0 Å². The molecule has 2 N–H and O–H groups in total. The summed E-state index contributed by atoms with van der Waals surface area (Å²) in [5.41, 5.74) is 3.69. The van der Waals surface area contributed by atoms with Gasteiger partial charge >= 0.3 is 6.03 Å². The van der Waals surface area contributed by atoms with Crippen molar-refractivity contribution in [2.45, 2.75) is 19.8 Å². The van der Waals surface area contributed by atoms with E-state index in [0.29, 0.717) is 18.8 Å². The maximum absolute atomic E-state index is 13.1. The number of carbonyl (C=O) groups excluding carboxylic acids is 2. The van der Waals surface area contributed by atoms with Gasteiger partial charge in [-0.2, -0.15) is 0 Å². The molecule has 3 amide bonds. The van der Waals surface area contributed by atoms with E-state index in [1.54, 1.807) is 0 Å². The highest BCUT2D eigenvalue weighted by Gasteiger charge is 2.26. The van der Waals surface area contributed by atoms with Crippen LogP contribution in [0.3, 0.4) is 0 Å². The Bertz CT molecular complexity index is 1050. The number of carbonyl (C=O) groups is 2. The van der Waals surface area contributed by atoms with Gasteiger partial charge in [0.25, 0.3) is 5.91 Å². The van der Waals surface area contributed by atoms with Gasteiger partial charge in [-0.1, -0.05) is 35.9 Å². The van der Waals surface area contributed by atoms with Crippen molar-refractivity contribution in [1.82, 2.24) is 14.8 Å². The van der Waals surface area contributed by atoms with Crippen molar-refractivity contribution in [3.05, 3.63) is 65.9 Å². The van der Waals surface area contributed by atoms with Crippen molar-refractivity contribution in [3.8, 4) is 0 Å². The molecule has 1 fully saturated rings. The topological polar surface area (TPSA) is 66.4 Å². The summed E-state index contributed by atoms with van der Waals surface area (Å²) in [6.07, 6.45) is 1.95. The monoisotopic (exact) mass is 404 g/mol. The molecule has 0 spiro atoms. The van der Waals surface area contributed by atoms with Gasteiger partial charge in [-0.15, -0.1) is 0 Å². The van der Waals surface area contributed by atoms with Crippen LogP contribution in [0, 0.1) is 12.8 Å². The van der Waals surface area contributed by atoms with Crippen LogP contribution in [-0.2, 0) is 7.05 Å². The lowest BCUT2D eigenvalue weighted by Crippen LogP contribution is -2.44. The Hall–Kier alpha value is -3.28. The van der Waals surface area contributed by atoms with Gasteiger partial charge in [0.15, 0.2) is 0 Å². The Balaban J connectivity index is 1.34. The van der Waals surface area contributed by atoms with Gasteiger partial charge in [-0.3, -0.25) is 4.79 Å². The number of hydrogen-bond donors (Lipinski definition) is 2. The molecule has 3 aromatic rings. The number of anilines is 1. The molecule has 1 aromatic heterocycles. The number of piperidine rings is 1. The van der Waals surface area contributed by atoms with E-state index >= 15 is 0 Å². The molecule has 4 rings (SSSR count). The molecular weight excluding hydrogens is 376 g/mol. The van der Waals surface area contributed by atoms with Crippen LogP contribution in [0.5, 0.6) is 0 Å². The number of fused-ring (bicyclic) bond motifs is 1. The van der Waals surface area contributed by atoms with Gasteiger partial charge in [0, 0.05) is 43.3 Å². The Morgan fingerprint density at radius 2 is 1.87 bits per heavy atom. The number of rotatable bonds is 4. The second-order valence-corrected chi connectivity index (χ2v) is 8.11. The zero-order valence-electron chi connectivity index (χ0n) is 17.5. The predicted molar refractivity (Wildman–Crippen MR) is 120 cm³/mol. The largest absolute Gasteiger partial charge is 0.340 e. The summed E-state index contributed by atoms with van der Waals surface area (Å²) in [4.78, 5) is 27.3. The highest BCUT2D eigenvalue weighted by Crippen LogP contribution is 2.22. The molecule has 1 atom stereocenters. The second kappa shape index (κ2) is 8.61. The first-order valence-corrected chi connectivity index (χ1v) is 10.5. The normalized spacial score (nSPS) is 16.5.